The van der Waals surface area contributed by atoms with Gasteiger partial charge in [0, 0.05) is 25.7 Å². The van der Waals surface area contributed by atoms with Crippen LogP contribution in [0.15, 0.2) is 23.1 Å². The van der Waals surface area contributed by atoms with Crippen molar-refractivity contribution in [3.8, 4) is 0 Å². The minimum atomic E-state index is -1.20. The summed E-state index contributed by atoms with van der Waals surface area (Å²) in [5.41, 5.74) is -0.0510. The molecule has 0 aliphatic rings. The highest BCUT2D eigenvalue weighted by Gasteiger charge is 2.18. The van der Waals surface area contributed by atoms with E-state index in [2.05, 4.69) is 10.3 Å². The minimum Gasteiger partial charge on any atom is -0.388 e. The highest BCUT2D eigenvalue weighted by molar-refractivity contribution is 5.72. The van der Waals surface area contributed by atoms with Crippen molar-refractivity contribution in [2.75, 3.05) is 6.54 Å². The smallest absolute Gasteiger partial charge is 0.248 e. The zero-order chi connectivity index (χ0) is 12.1. The summed E-state index contributed by atoms with van der Waals surface area (Å²) in [6.07, 6.45) is -0.966. The number of carbonyl (C=O) groups is 1. The number of aliphatic hydroxyl groups excluding tert-OH is 2. The van der Waals surface area contributed by atoms with Crippen LogP contribution in [0.5, 0.6) is 0 Å². The van der Waals surface area contributed by atoms with Gasteiger partial charge in [-0.25, -0.2) is 0 Å². The van der Waals surface area contributed by atoms with E-state index in [1.165, 1.54) is 25.3 Å². The summed E-state index contributed by atoms with van der Waals surface area (Å²) in [7, 11) is 0. The summed E-state index contributed by atoms with van der Waals surface area (Å²) in [6.45, 7) is 1.25. The molecule has 6 nitrogen and oxygen atoms in total. The van der Waals surface area contributed by atoms with Crippen molar-refractivity contribution in [2.45, 2.75) is 19.1 Å². The predicted molar refractivity (Wildman–Crippen MR) is 56.7 cm³/mol. The molecule has 16 heavy (non-hydrogen) atoms. The van der Waals surface area contributed by atoms with Gasteiger partial charge >= 0.3 is 0 Å². The second-order valence-corrected chi connectivity index (χ2v) is 3.44. The lowest BCUT2D eigenvalue weighted by molar-refractivity contribution is -0.119. The van der Waals surface area contributed by atoms with E-state index in [1.807, 2.05) is 0 Å². The third kappa shape index (κ3) is 3.48. The first kappa shape index (κ1) is 12.4. The largest absolute Gasteiger partial charge is 0.388 e. The monoisotopic (exact) mass is 226 g/mol. The molecule has 0 saturated heterocycles. The Morgan fingerprint density at radius 3 is 2.81 bits per heavy atom. The van der Waals surface area contributed by atoms with Gasteiger partial charge in [-0.2, -0.15) is 0 Å². The lowest BCUT2D eigenvalue weighted by atomic mass is 10.1. The van der Waals surface area contributed by atoms with Gasteiger partial charge < -0.3 is 20.5 Å². The Labute approximate surface area is 91.9 Å². The molecule has 1 heterocycles. The Bertz CT molecular complexity index is 415. The molecular formula is C10H14N2O4. The molecule has 1 amide bonds. The third-order valence-corrected chi connectivity index (χ3v) is 2.07. The molecule has 1 rings (SSSR count). The number of nitrogens with one attached hydrogen (secondary N) is 2. The summed E-state index contributed by atoms with van der Waals surface area (Å²) in [6, 6.07) is 2.69. The number of hydrogen-bond acceptors (Lipinski definition) is 4. The molecule has 0 aliphatic carbocycles. The molecule has 0 saturated carbocycles. The average Bonchev–Trinajstić information content (AvgIpc) is 2.24. The van der Waals surface area contributed by atoms with Gasteiger partial charge in [0.1, 0.15) is 12.2 Å². The minimum absolute atomic E-state index is 0.0662. The second-order valence-electron chi connectivity index (χ2n) is 3.44. The number of aromatic nitrogens is 1. The Balaban J connectivity index is 2.66. The number of H-pyrrole nitrogens is 1. The lowest BCUT2D eigenvalue weighted by Gasteiger charge is -2.17. The first-order valence-electron chi connectivity index (χ1n) is 4.80. The van der Waals surface area contributed by atoms with Crippen LogP contribution in [0.2, 0.25) is 0 Å². The third-order valence-electron chi connectivity index (χ3n) is 2.07. The van der Waals surface area contributed by atoms with E-state index in [1.54, 1.807) is 0 Å². The standard InChI is InChI=1S/C10H14N2O4/c1-6(13)12-5-8(14)10(16)7-2-3-11-9(15)4-7/h2-4,8,10,14,16H,5H2,1H3,(H,11,15)(H,12,13). The number of aromatic amines is 1. The summed E-state index contributed by atoms with van der Waals surface area (Å²) in [5.74, 6) is -0.294. The van der Waals surface area contributed by atoms with E-state index in [9.17, 15) is 19.8 Å². The van der Waals surface area contributed by atoms with Gasteiger partial charge in [-0.1, -0.05) is 0 Å². The van der Waals surface area contributed by atoms with E-state index < -0.39 is 12.2 Å². The zero-order valence-corrected chi connectivity index (χ0v) is 8.80. The molecule has 0 aliphatic heterocycles. The van der Waals surface area contributed by atoms with Crippen LogP contribution in [0.1, 0.15) is 18.6 Å². The van der Waals surface area contributed by atoms with Crippen molar-refractivity contribution in [2.24, 2.45) is 0 Å². The maximum Gasteiger partial charge on any atom is 0.248 e. The van der Waals surface area contributed by atoms with E-state index in [-0.39, 0.29) is 18.0 Å². The first-order valence-corrected chi connectivity index (χ1v) is 4.80. The van der Waals surface area contributed by atoms with Gasteiger partial charge in [-0.05, 0) is 11.6 Å². The molecule has 0 aromatic carbocycles. The normalized spacial score (nSPS) is 14.2. The summed E-state index contributed by atoms with van der Waals surface area (Å²) in [4.78, 5) is 24.0. The van der Waals surface area contributed by atoms with Gasteiger partial charge in [-0.15, -0.1) is 0 Å². The Morgan fingerprint density at radius 1 is 1.56 bits per heavy atom. The first-order chi connectivity index (χ1) is 7.50. The number of aliphatic hydroxyl groups is 2. The van der Waals surface area contributed by atoms with Crippen LogP contribution in [0, 0.1) is 0 Å². The Kier molecular flexibility index (Phi) is 4.21. The number of pyridine rings is 1. The van der Waals surface area contributed by atoms with Gasteiger partial charge in [0.25, 0.3) is 0 Å². The van der Waals surface area contributed by atoms with Gasteiger partial charge in [-0.3, -0.25) is 9.59 Å². The second kappa shape index (κ2) is 5.43. The van der Waals surface area contributed by atoms with Crippen LogP contribution in [0.4, 0.5) is 0 Å². The Morgan fingerprint density at radius 2 is 2.25 bits per heavy atom. The Hall–Kier alpha value is -1.66. The fourth-order valence-corrected chi connectivity index (χ4v) is 1.23. The molecule has 88 valence electrons. The molecule has 0 radical (unpaired) electrons. The number of amides is 1. The number of hydrogen-bond donors (Lipinski definition) is 4. The fraction of sp³-hybridized carbons (Fsp3) is 0.400. The number of carbonyl (C=O) groups excluding carboxylic acids is 1. The van der Waals surface area contributed by atoms with Gasteiger partial charge in [0.2, 0.25) is 11.5 Å². The van der Waals surface area contributed by atoms with E-state index in [0.29, 0.717) is 5.56 Å². The molecule has 0 bridgehead atoms. The van der Waals surface area contributed by atoms with Crippen molar-refractivity contribution in [3.63, 3.8) is 0 Å². The van der Waals surface area contributed by atoms with Crippen molar-refractivity contribution >= 4 is 5.91 Å². The van der Waals surface area contributed by atoms with Crippen LogP contribution < -0.4 is 10.9 Å². The van der Waals surface area contributed by atoms with Crippen LogP contribution in [0.25, 0.3) is 0 Å². The molecule has 2 atom stereocenters. The van der Waals surface area contributed by atoms with Gasteiger partial charge in [0.15, 0.2) is 0 Å². The van der Waals surface area contributed by atoms with Gasteiger partial charge in [0.05, 0.1) is 0 Å². The maximum absolute atomic E-state index is 11.0. The summed E-state index contributed by atoms with van der Waals surface area (Å²) < 4.78 is 0. The predicted octanol–water partition coefficient (Wildman–Crippen LogP) is -1.09. The topological polar surface area (TPSA) is 102 Å². The van der Waals surface area contributed by atoms with Crippen molar-refractivity contribution in [3.05, 3.63) is 34.2 Å². The van der Waals surface area contributed by atoms with Crippen LogP contribution in [-0.2, 0) is 4.79 Å². The SMILES string of the molecule is CC(=O)NCC(O)C(O)c1cc[nH]c(=O)c1. The van der Waals surface area contributed by atoms with Crippen LogP contribution in [-0.4, -0.2) is 33.8 Å². The van der Waals surface area contributed by atoms with E-state index >= 15 is 0 Å². The summed E-state index contributed by atoms with van der Waals surface area (Å²) >= 11 is 0. The van der Waals surface area contributed by atoms with Crippen molar-refractivity contribution in [1.29, 1.82) is 0 Å². The van der Waals surface area contributed by atoms with Crippen molar-refractivity contribution < 1.29 is 15.0 Å². The fourth-order valence-electron chi connectivity index (χ4n) is 1.23. The number of rotatable bonds is 4. The maximum atomic E-state index is 11.0. The molecule has 6 heteroatoms. The van der Waals surface area contributed by atoms with Crippen LogP contribution in [0.3, 0.4) is 0 Å². The molecular weight excluding hydrogens is 212 g/mol. The molecule has 1 aromatic rings. The molecule has 0 spiro atoms. The molecule has 2 unspecified atom stereocenters. The molecule has 4 N–H and O–H groups in total. The quantitative estimate of drug-likeness (QED) is 0.523. The zero-order valence-electron chi connectivity index (χ0n) is 8.80. The molecule has 0 fully saturated rings. The van der Waals surface area contributed by atoms with E-state index in [4.69, 9.17) is 0 Å². The highest BCUT2D eigenvalue weighted by atomic mass is 16.3. The van der Waals surface area contributed by atoms with Crippen LogP contribution >= 0.6 is 0 Å². The average molecular weight is 226 g/mol. The molecule has 1 aromatic heterocycles. The highest BCUT2D eigenvalue weighted by Crippen LogP contribution is 2.13. The van der Waals surface area contributed by atoms with Crippen molar-refractivity contribution in [1.82, 2.24) is 10.3 Å². The lowest BCUT2D eigenvalue weighted by Crippen LogP contribution is -2.34. The van der Waals surface area contributed by atoms with E-state index in [0.717, 1.165) is 0 Å². The summed E-state index contributed by atoms with van der Waals surface area (Å²) in [5, 5.41) is 21.6.